The Morgan fingerprint density at radius 3 is 2.86 bits per heavy atom. The van der Waals surface area contributed by atoms with Gasteiger partial charge < -0.3 is 10.1 Å². The molecule has 1 rings (SSSR count). The molecule has 5 nitrogen and oxygen atoms in total. The fourth-order valence-electron chi connectivity index (χ4n) is 1.01. The zero-order valence-electron chi connectivity index (χ0n) is 8.19. The standard InChI is InChI=1S/C9H12N4O/c1-7(6-14-2)11-9-4-3-8(5-10)12-13-9/h3-4,7H,6H2,1-2H3,(H,11,13)/t7-/m1/s1. The Kier molecular flexibility index (Phi) is 3.83. The lowest BCUT2D eigenvalue weighted by Gasteiger charge is -2.12. The van der Waals surface area contributed by atoms with Gasteiger partial charge in [-0.25, -0.2) is 0 Å². The molecular weight excluding hydrogens is 180 g/mol. The minimum Gasteiger partial charge on any atom is -0.383 e. The maximum atomic E-state index is 8.50. The molecule has 1 aromatic heterocycles. The van der Waals surface area contributed by atoms with E-state index in [-0.39, 0.29) is 6.04 Å². The predicted octanol–water partition coefficient (Wildman–Crippen LogP) is 0.795. The lowest BCUT2D eigenvalue weighted by atomic mass is 10.3. The molecule has 0 aliphatic rings. The van der Waals surface area contributed by atoms with Crippen LogP contribution in [0.5, 0.6) is 0 Å². The minimum atomic E-state index is 0.169. The SMILES string of the molecule is COC[C@@H](C)Nc1ccc(C#N)nn1. The Balaban J connectivity index is 2.56. The summed E-state index contributed by atoms with van der Waals surface area (Å²) in [5, 5.41) is 19.1. The van der Waals surface area contributed by atoms with Crippen molar-refractivity contribution >= 4 is 5.82 Å². The molecule has 0 aliphatic carbocycles. The Labute approximate surface area is 82.7 Å². The van der Waals surface area contributed by atoms with Crippen molar-refractivity contribution in [2.75, 3.05) is 19.0 Å². The second-order valence-corrected chi connectivity index (χ2v) is 2.92. The van der Waals surface area contributed by atoms with E-state index in [1.807, 2.05) is 13.0 Å². The first-order valence-corrected chi connectivity index (χ1v) is 4.25. The summed E-state index contributed by atoms with van der Waals surface area (Å²) in [7, 11) is 1.64. The van der Waals surface area contributed by atoms with Gasteiger partial charge in [0.25, 0.3) is 0 Å². The molecule has 1 heterocycles. The van der Waals surface area contributed by atoms with Crippen molar-refractivity contribution in [2.45, 2.75) is 13.0 Å². The average Bonchev–Trinajstić information content (AvgIpc) is 2.19. The molecule has 0 saturated heterocycles. The summed E-state index contributed by atoms with van der Waals surface area (Å²) in [6.07, 6.45) is 0. The van der Waals surface area contributed by atoms with E-state index in [0.717, 1.165) is 0 Å². The van der Waals surface area contributed by atoms with Gasteiger partial charge in [0.2, 0.25) is 0 Å². The van der Waals surface area contributed by atoms with Gasteiger partial charge in [-0.15, -0.1) is 10.2 Å². The summed E-state index contributed by atoms with van der Waals surface area (Å²) in [6, 6.07) is 5.42. The lowest BCUT2D eigenvalue weighted by Crippen LogP contribution is -2.21. The van der Waals surface area contributed by atoms with E-state index in [9.17, 15) is 0 Å². The highest BCUT2D eigenvalue weighted by Crippen LogP contribution is 2.03. The molecule has 0 aromatic carbocycles. The molecule has 0 saturated carbocycles. The maximum Gasteiger partial charge on any atom is 0.163 e. The highest BCUT2D eigenvalue weighted by molar-refractivity contribution is 5.36. The number of aromatic nitrogens is 2. The first kappa shape index (κ1) is 10.4. The minimum absolute atomic E-state index is 0.169. The fourth-order valence-corrected chi connectivity index (χ4v) is 1.01. The number of anilines is 1. The zero-order chi connectivity index (χ0) is 10.4. The number of hydrogen-bond acceptors (Lipinski definition) is 5. The molecule has 0 unspecified atom stereocenters. The van der Waals surface area contributed by atoms with E-state index in [1.165, 1.54) is 0 Å². The summed E-state index contributed by atoms with van der Waals surface area (Å²) in [6.45, 7) is 2.57. The van der Waals surface area contributed by atoms with E-state index in [0.29, 0.717) is 18.1 Å². The number of nitrogens with one attached hydrogen (secondary N) is 1. The summed E-state index contributed by atoms with van der Waals surface area (Å²) >= 11 is 0. The third-order valence-corrected chi connectivity index (χ3v) is 1.59. The van der Waals surface area contributed by atoms with Gasteiger partial charge in [-0.05, 0) is 19.1 Å². The number of methoxy groups -OCH3 is 1. The number of nitriles is 1. The number of nitrogens with zero attached hydrogens (tertiary/aromatic N) is 3. The molecule has 0 radical (unpaired) electrons. The van der Waals surface area contributed by atoms with Crippen LogP contribution in [0.25, 0.3) is 0 Å². The summed E-state index contributed by atoms with van der Waals surface area (Å²) in [5.74, 6) is 0.647. The van der Waals surface area contributed by atoms with Crippen molar-refractivity contribution < 1.29 is 4.74 Å². The van der Waals surface area contributed by atoms with E-state index < -0.39 is 0 Å². The van der Waals surface area contributed by atoms with Gasteiger partial charge in [0.05, 0.1) is 6.61 Å². The van der Waals surface area contributed by atoms with Gasteiger partial charge in [-0.3, -0.25) is 0 Å². The number of ether oxygens (including phenoxy) is 1. The molecule has 1 aromatic rings. The van der Waals surface area contributed by atoms with Gasteiger partial charge in [-0.1, -0.05) is 0 Å². The molecule has 0 spiro atoms. The normalized spacial score (nSPS) is 11.8. The monoisotopic (exact) mass is 192 g/mol. The number of rotatable bonds is 4. The Morgan fingerprint density at radius 1 is 1.57 bits per heavy atom. The summed E-state index contributed by atoms with van der Waals surface area (Å²) in [5.41, 5.74) is 0.315. The first-order chi connectivity index (χ1) is 6.76. The van der Waals surface area contributed by atoms with Crippen LogP contribution in [-0.4, -0.2) is 30.0 Å². The molecule has 0 amide bonds. The molecular formula is C9H12N4O. The number of hydrogen-bond donors (Lipinski definition) is 1. The van der Waals surface area contributed by atoms with Gasteiger partial charge in [0, 0.05) is 13.2 Å². The van der Waals surface area contributed by atoms with Crippen LogP contribution in [0.2, 0.25) is 0 Å². The van der Waals surface area contributed by atoms with Crippen LogP contribution < -0.4 is 5.32 Å². The molecule has 1 atom stereocenters. The molecule has 0 aliphatic heterocycles. The highest BCUT2D eigenvalue weighted by Gasteiger charge is 2.02. The van der Waals surface area contributed by atoms with Crippen LogP contribution in [0.4, 0.5) is 5.82 Å². The Hall–Kier alpha value is -1.67. The van der Waals surface area contributed by atoms with Gasteiger partial charge >= 0.3 is 0 Å². The molecule has 0 bridgehead atoms. The smallest absolute Gasteiger partial charge is 0.163 e. The third kappa shape index (κ3) is 2.99. The highest BCUT2D eigenvalue weighted by atomic mass is 16.5. The largest absolute Gasteiger partial charge is 0.383 e. The second kappa shape index (κ2) is 5.14. The van der Waals surface area contributed by atoms with E-state index >= 15 is 0 Å². The van der Waals surface area contributed by atoms with Crippen molar-refractivity contribution in [2.24, 2.45) is 0 Å². The molecule has 5 heteroatoms. The fraction of sp³-hybridized carbons (Fsp3) is 0.444. The Bertz CT molecular complexity index is 317. The van der Waals surface area contributed by atoms with E-state index in [2.05, 4.69) is 15.5 Å². The van der Waals surface area contributed by atoms with E-state index in [4.69, 9.17) is 10.00 Å². The van der Waals surface area contributed by atoms with Crippen molar-refractivity contribution in [3.63, 3.8) is 0 Å². The van der Waals surface area contributed by atoms with Crippen molar-refractivity contribution in [3.05, 3.63) is 17.8 Å². The maximum absolute atomic E-state index is 8.50. The average molecular weight is 192 g/mol. The molecule has 0 fully saturated rings. The molecule has 14 heavy (non-hydrogen) atoms. The van der Waals surface area contributed by atoms with Gasteiger partial charge in [0.15, 0.2) is 5.69 Å². The lowest BCUT2D eigenvalue weighted by molar-refractivity contribution is 0.190. The Morgan fingerprint density at radius 2 is 2.36 bits per heavy atom. The quantitative estimate of drug-likeness (QED) is 0.763. The van der Waals surface area contributed by atoms with Gasteiger partial charge in [-0.2, -0.15) is 5.26 Å². The van der Waals surface area contributed by atoms with Crippen LogP contribution in [-0.2, 0) is 4.74 Å². The van der Waals surface area contributed by atoms with Gasteiger partial charge in [0.1, 0.15) is 11.9 Å². The predicted molar refractivity (Wildman–Crippen MR) is 51.7 cm³/mol. The molecule has 1 N–H and O–H groups in total. The first-order valence-electron chi connectivity index (χ1n) is 4.25. The van der Waals surface area contributed by atoms with Crippen LogP contribution in [0.3, 0.4) is 0 Å². The molecule has 74 valence electrons. The summed E-state index contributed by atoms with van der Waals surface area (Å²) in [4.78, 5) is 0. The zero-order valence-corrected chi connectivity index (χ0v) is 8.19. The van der Waals surface area contributed by atoms with Crippen LogP contribution in [0.1, 0.15) is 12.6 Å². The van der Waals surface area contributed by atoms with Crippen LogP contribution >= 0.6 is 0 Å². The topological polar surface area (TPSA) is 70.8 Å². The van der Waals surface area contributed by atoms with Crippen LogP contribution in [0.15, 0.2) is 12.1 Å². The second-order valence-electron chi connectivity index (χ2n) is 2.92. The van der Waals surface area contributed by atoms with Crippen molar-refractivity contribution in [1.29, 1.82) is 5.26 Å². The summed E-state index contributed by atoms with van der Waals surface area (Å²) < 4.78 is 4.96. The van der Waals surface area contributed by atoms with Crippen molar-refractivity contribution in [3.8, 4) is 6.07 Å². The van der Waals surface area contributed by atoms with Crippen molar-refractivity contribution in [1.82, 2.24) is 10.2 Å². The van der Waals surface area contributed by atoms with Crippen LogP contribution in [0, 0.1) is 11.3 Å². The van der Waals surface area contributed by atoms with E-state index in [1.54, 1.807) is 19.2 Å². The third-order valence-electron chi connectivity index (χ3n) is 1.59.